The molecule has 18 heavy (non-hydrogen) atoms. The molecular weight excluding hydrogens is 231 g/mol. The average Bonchev–Trinajstić information content (AvgIpc) is 2.38. The number of aryl methyl sites for hydroxylation is 1. The maximum atomic E-state index is 13.9. The van der Waals surface area contributed by atoms with Crippen molar-refractivity contribution in [2.75, 3.05) is 11.9 Å². The minimum Gasteiger partial charge on any atom is -0.367 e. The van der Waals surface area contributed by atoms with Crippen molar-refractivity contribution < 1.29 is 4.39 Å². The standard InChI is InChI=1S/C13H21FN4/c1-2-11-12(14)13(18-8-17-11)16-7-9-4-3-5-10(15)6-9/h8-10H,2-7,15H2,1H3,(H,16,17,18). The van der Waals surface area contributed by atoms with E-state index in [-0.39, 0.29) is 5.82 Å². The molecule has 1 heterocycles. The Kier molecular flexibility index (Phi) is 4.47. The second-order valence-corrected chi connectivity index (χ2v) is 5.01. The van der Waals surface area contributed by atoms with E-state index in [1.54, 1.807) is 0 Å². The van der Waals surface area contributed by atoms with Gasteiger partial charge in [0.05, 0.1) is 5.69 Å². The van der Waals surface area contributed by atoms with Gasteiger partial charge in [-0.15, -0.1) is 0 Å². The lowest BCUT2D eigenvalue weighted by Gasteiger charge is -2.26. The highest BCUT2D eigenvalue weighted by atomic mass is 19.1. The fourth-order valence-electron chi connectivity index (χ4n) is 2.54. The van der Waals surface area contributed by atoms with Gasteiger partial charge < -0.3 is 11.1 Å². The van der Waals surface area contributed by atoms with Gasteiger partial charge in [-0.3, -0.25) is 0 Å². The van der Waals surface area contributed by atoms with Crippen LogP contribution in [0.15, 0.2) is 6.33 Å². The van der Waals surface area contributed by atoms with Crippen LogP contribution in [0.3, 0.4) is 0 Å². The zero-order valence-corrected chi connectivity index (χ0v) is 10.8. The fraction of sp³-hybridized carbons (Fsp3) is 0.692. The Morgan fingerprint density at radius 1 is 1.44 bits per heavy atom. The van der Waals surface area contributed by atoms with E-state index >= 15 is 0 Å². The second kappa shape index (κ2) is 6.09. The van der Waals surface area contributed by atoms with Gasteiger partial charge in [0.15, 0.2) is 11.6 Å². The summed E-state index contributed by atoms with van der Waals surface area (Å²) in [6, 6.07) is 0.298. The zero-order valence-electron chi connectivity index (χ0n) is 10.8. The summed E-state index contributed by atoms with van der Waals surface area (Å²) in [5, 5.41) is 3.10. The molecule has 0 radical (unpaired) electrons. The molecule has 1 fully saturated rings. The molecule has 1 aromatic heterocycles. The monoisotopic (exact) mass is 252 g/mol. The van der Waals surface area contributed by atoms with E-state index in [0.29, 0.717) is 29.9 Å². The van der Waals surface area contributed by atoms with Gasteiger partial charge in [-0.25, -0.2) is 14.4 Å². The predicted octanol–water partition coefficient (Wildman–Crippen LogP) is 2.11. The number of nitrogens with zero attached hydrogens (tertiary/aromatic N) is 2. The molecular formula is C13H21FN4. The Labute approximate surface area is 107 Å². The molecule has 0 amide bonds. The van der Waals surface area contributed by atoms with Crippen molar-refractivity contribution in [2.24, 2.45) is 11.7 Å². The molecule has 0 saturated heterocycles. The van der Waals surface area contributed by atoms with E-state index in [4.69, 9.17) is 5.73 Å². The molecule has 0 aliphatic heterocycles. The first-order valence-corrected chi connectivity index (χ1v) is 6.69. The normalized spacial score (nSPS) is 23.9. The highest BCUT2D eigenvalue weighted by Crippen LogP contribution is 2.23. The van der Waals surface area contributed by atoms with Gasteiger partial charge in [0.25, 0.3) is 0 Å². The van der Waals surface area contributed by atoms with Crippen LogP contribution < -0.4 is 11.1 Å². The summed E-state index contributed by atoms with van der Waals surface area (Å²) in [6.45, 7) is 2.63. The van der Waals surface area contributed by atoms with Crippen LogP contribution in [-0.4, -0.2) is 22.6 Å². The maximum Gasteiger partial charge on any atom is 0.186 e. The van der Waals surface area contributed by atoms with E-state index < -0.39 is 0 Å². The van der Waals surface area contributed by atoms with E-state index in [2.05, 4.69) is 15.3 Å². The fourth-order valence-corrected chi connectivity index (χ4v) is 2.54. The Balaban J connectivity index is 1.93. The number of rotatable bonds is 4. The van der Waals surface area contributed by atoms with Crippen LogP contribution in [0.4, 0.5) is 10.2 Å². The maximum absolute atomic E-state index is 13.9. The summed E-state index contributed by atoms with van der Waals surface area (Å²) in [5.41, 5.74) is 6.41. The van der Waals surface area contributed by atoms with Crippen LogP contribution in [-0.2, 0) is 6.42 Å². The summed E-state index contributed by atoms with van der Waals surface area (Å²) in [7, 11) is 0. The van der Waals surface area contributed by atoms with Gasteiger partial charge in [-0.1, -0.05) is 13.3 Å². The van der Waals surface area contributed by atoms with Gasteiger partial charge >= 0.3 is 0 Å². The smallest absolute Gasteiger partial charge is 0.186 e. The number of halogens is 1. The lowest BCUT2D eigenvalue weighted by atomic mass is 9.86. The van der Waals surface area contributed by atoms with Crippen LogP contribution in [0.2, 0.25) is 0 Å². The van der Waals surface area contributed by atoms with Crippen molar-refractivity contribution in [3.63, 3.8) is 0 Å². The van der Waals surface area contributed by atoms with E-state index in [0.717, 1.165) is 25.8 Å². The highest BCUT2D eigenvalue weighted by Gasteiger charge is 2.19. The van der Waals surface area contributed by atoms with E-state index in [1.165, 1.54) is 12.7 Å². The van der Waals surface area contributed by atoms with Crippen LogP contribution >= 0.6 is 0 Å². The molecule has 4 nitrogen and oxygen atoms in total. The quantitative estimate of drug-likeness (QED) is 0.861. The molecule has 1 aromatic rings. The van der Waals surface area contributed by atoms with Gasteiger partial charge in [0.2, 0.25) is 0 Å². The molecule has 5 heteroatoms. The summed E-state index contributed by atoms with van der Waals surface area (Å²) in [4.78, 5) is 7.88. The van der Waals surface area contributed by atoms with Gasteiger partial charge in [0.1, 0.15) is 6.33 Å². The molecule has 1 saturated carbocycles. The average molecular weight is 252 g/mol. The van der Waals surface area contributed by atoms with E-state index in [9.17, 15) is 4.39 Å². The van der Waals surface area contributed by atoms with Crippen LogP contribution in [0, 0.1) is 11.7 Å². The highest BCUT2D eigenvalue weighted by molar-refractivity contribution is 5.37. The Morgan fingerprint density at radius 3 is 3.00 bits per heavy atom. The molecule has 1 aliphatic rings. The van der Waals surface area contributed by atoms with Crippen LogP contribution in [0.25, 0.3) is 0 Å². The summed E-state index contributed by atoms with van der Waals surface area (Å²) < 4.78 is 13.9. The third-order valence-electron chi connectivity index (χ3n) is 3.58. The first-order valence-electron chi connectivity index (χ1n) is 6.69. The predicted molar refractivity (Wildman–Crippen MR) is 69.8 cm³/mol. The summed E-state index contributed by atoms with van der Waals surface area (Å²) in [5.74, 6) is 0.522. The molecule has 0 bridgehead atoms. The van der Waals surface area contributed by atoms with E-state index in [1.807, 2.05) is 6.92 Å². The Hall–Kier alpha value is -1.23. The van der Waals surface area contributed by atoms with Crippen molar-refractivity contribution >= 4 is 5.82 Å². The van der Waals surface area contributed by atoms with Crippen molar-refractivity contribution in [1.82, 2.24) is 9.97 Å². The molecule has 1 aliphatic carbocycles. The third-order valence-corrected chi connectivity index (χ3v) is 3.58. The molecule has 2 atom stereocenters. The lowest BCUT2D eigenvalue weighted by molar-refractivity contribution is 0.334. The summed E-state index contributed by atoms with van der Waals surface area (Å²) >= 11 is 0. The Morgan fingerprint density at radius 2 is 2.28 bits per heavy atom. The second-order valence-electron chi connectivity index (χ2n) is 5.01. The molecule has 2 unspecified atom stereocenters. The van der Waals surface area contributed by atoms with Crippen molar-refractivity contribution in [2.45, 2.75) is 45.1 Å². The number of nitrogens with two attached hydrogens (primary N) is 1. The molecule has 3 N–H and O–H groups in total. The molecule has 0 spiro atoms. The Bertz CT molecular complexity index is 397. The van der Waals surface area contributed by atoms with Gasteiger partial charge in [-0.2, -0.15) is 0 Å². The SMILES string of the molecule is CCc1ncnc(NCC2CCCC(N)C2)c1F. The lowest BCUT2D eigenvalue weighted by Crippen LogP contribution is -2.31. The molecule has 0 aromatic carbocycles. The third kappa shape index (κ3) is 3.16. The van der Waals surface area contributed by atoms with Gasteiger partial charge in [-0.05, 0) is 31.6 Å². The number of aromatic nitrogens is 2. The minimum atomic E-state index is -0.319. The topological polar surface area (TPSA) is 63.8 Å². The largest absolute Gasteiger partial charge is 0.367 e. The zero-order chi connectivity index (χ0) is 13.0. The number of hydrogen-bond acceptors (Lipinski definition) is 4. The van der Waals surface area contributed by atoms with Crippen molar-refractivity contribution in [3.8, 4) is 0 Å². The summed E-state index contributed by atoms with van der Waals surface area (Å²) in [6.07, 6.45) is 6.45. The van der Waals surface area contributed by atoms with Crippen LogP contribution in [0.5, 0.6) is 0 Å². The first kappa shape index (κ1) is 13.2. The number of hydrogen-bond donors (Lipinski definition) is 2. The minimum absolute atomic E-state index is 0.298. The number of nitrogens with one attached hydrogen (secondary N) is 1. The molecule has 2 rings (SSSR count). The van der Waals surface area contributed by atoms with Gasteiger partial charge in [0, 0.05) is 12.6 Å². The first-order chi connectivity index (χ1) is 8.70. The van der Waals surface area contributed by atoms with Crippen LogP contribution in [0.1, 0.15) is 38.3 Å². The molecule has 100 valence electrons. The number of anilines is 1. The van der Waals surface area contributed by atoms with Crippen molar-refractivity contribution in [3.05, 3.63) is 17.8 Å². The van der Waals surface area contributed by atoms with Crippen molar-refractivity contribution in [1.29, 1.82) is 0 Å².